The lowest BCUT2D eigenvalue weighted by molar-refractivity contribution is -0.0244. The normalized spacial score (nSPS) is 11.4. The summed E-state index contributed by atoms with van der Waals surface area (Å²) in [5, 5.41) is 1.70. The Kier molecular flexibility index (Phi) is 2.57. The van der Waals surface area contributed by atoms with Crippen LogP contribution in [0.15, 0.2) is 12.7 Å². The summed E-state index contributed by atoms with van der Waals surface area (Å²) in [5.74, 6) is 0. The molecule has 0 rings (SSSR count). The van der Waals surface area contributed by atoms with Crippen LogP contribution >= 0.6 is 0 Å². The van der Waals surface area contributed by atoms with Gasteiger partial charge in [0.25, 0.3) is 0 Å². The Bertz CT molecular complexity index is 76.6. The van der Waals surface area contributed by atoms with Crippen LogP contribution in [0.3, 0.4) is 0 Å². The first-order valence-corrected chi connectivity index (χ1v) is 2.09. The Balaban J connectivity index is 3.24. The second-order valence-electron chi connectivity index (χ2n) is 1.29. The van der Waals surface area contributed by atoms with Gasteiger partial charge in [-0.05, 0) is 0 Å². The van der Waals surface area contributed by atoms with Crippen molar-refractivity contribution in [2.24, 2.45) is 5.73 Å². The van der Waals surface area contributed by atoms with Crippen LogP contribution in [0.1, 0.15) is 0 Å². The van der Waals surface area contributed by atoms with E-state index < -0.39 is 6.17 Å². The molecular formula is C4H8F2N2. The van der Waals surface area contributed by atoms with Gasteiger partial charge in [-0.15, -0.1) is 6.58 Å². The Morgan fingerprint density at radius 2 is 2.25 bits per heavy atom. The highest BCUT2D eigenvalue weighted by Crippen LogP contribution is 1.95. The SMILES string of the molecule is C=CCNC(N)(F)F. The maximum absolute atomic E-state index is 11.5. The van der Waals surface area contributed by atoms with Crippen LogP contribution in [0.2, 0.25) is 0 Å². The van der Waals surface area contributed by atoms with Crippen LogP contribution in [0, 0.1) is 0 Å². The minimum absolute atomic E-state index is 0.0174. The molecule has 0 saturated carbocycles. The number of nitrogens with two attached hydrogens (primary N) is 1. The van der Waals surface area contributed by atoms with Crippen molar-refractivity contribution in [3.63, 3.8) is 0 Å². The highest BCUT2D eigenvalue weighted by molar-refractivity contribution is 4.71. The molecule has 0 fully saturated rings. The first-order valence-electron chi connectivity index (χ1n) is 2.09. The molecule has 0 aromatic carbocycles. The standard InChI is InChI=1S/C4H8F2N2/c1-2-3-8-4(5,6)7/h2,8H,1,3,7H2. The topological polar surface area (TPSA) is 38.0 Å². The summed E-state index contributed by atoms with van der Waals surface area (Å²) in [6.07, 6.45) is -1.96. The molecule has 2 nitrogen and oxygen atoms in total. The van der Waals surface area contributed by atoms with E-state index in [0.29, 0.717) is 0 Å². The molecule has 0 aliphatic rings. The van der Waals surface area contributed by atoms with Crippen molar-refractivity contribution in [3.05, 3.63) is 12.7 Å². The number of hydrogen-bond donors (Lipinski definition) is 2. The number of nitrogens with one attached hydrogen (secondary N) is 1. The molecule has 0 aromatic heterocycles. The third-order valence-corrected chi connectivity index (χ3v) is 0.482. The second-order valence-corrected chi connectivity index (χ2v) is 1.29. The largest absolute Gasteiger partial charge is 0.362 e. The molecule has 0 atom stereocenters. The zero-order valence-corrected chi connectivity index (χ0v) is 4.32. The molecule has 0 bridgehead atoms. The fraction of sp³-hybridized carbons (Fsp3) is 0.500. The number of rotatable bonds is 3. The summed E-state index contributed by atoms with van der Waals surface area (Å²) in [6.45, 7) is 3.23. The fourth-order valence-electron chi connectivity index (χ4n) is 0.208. The molecule has 0 saturated heterocycles. The van der Waals surface area contributed by atoms with Gasteiger partial charge in [-0.2, -0.15) is 8.78 Å². The number of alkyl halides is 2. The second kappa shape index (κ2) is 2.74. The maximum atomic E-state index is 11.5. The first-order chi connectivity index (χ1) is 3.56. The molecule has 0 radical (unpaired) electrons. The Labute approximate surface area is 46.4 Å². The van der Waals surface area contributed by atoms with Crippen LogP contribution < -0.4 is 11.1 Å². The van der Waals surface area contributed by atoms with Gasteiger partial charge in [0, 0.05) is 6.54 Å². The van der Waals surface area contributed by atoms with Gasteiger partial charge in [-0.1, -0.05) is 6.08 Å². The number of hydrogen-bond acceptors (Lipinski definition) is 2. The molecular weight excluding hydrogens is 114 g/mol. The van der Waals surface area contributed by atoms with Crippen molar-refractivity contribution in [1.29, 1.82) is 0 Å². The molecule has 0 unspecified atom stereocenters. The van der Waals surface area contributed by atoms with Crippen molar-refractivity contribution < 1.29 is 8.78 Å². The van der Waals surface area contributed by atoms with Gasteiger partial charge < -0.3 is 0 Å². The Hall–Kier alpha value is -0.480. The highest BCUT2D eigenvalue weighted by Gasteiger charge is 2.18. The monoisotopic (exact) mass is 122 g/mol. The predicted octanol–water partition coefficient (Wildman–Crippen LogP) is 0.271. The van der Waals surface area contributed by atoms with E-state index in [1.165, 1.54) is 6.08 Å². The molecule has 8 heavy (non-hydrogen) atoms. The molecule has 0 aliphatic carbocycles. The summed E-state index contributed by atoms with van der Waals surface area (Å²) in [6, 6.07) is 0. The van der Waals surface area contributed by atoms with E-state index in [0.717, 1.165) is 0 Å². The van der Waals surface area contributed by atoms with Crippen LogP contribution in [0.25, 0.3) is 0 Å². The smallest absolute Gasteiger partial charge is 0.258 e. The highest BCUT2D eigenvalue weighted by atomic mass is 19.3. The summed E-state index contributed by atoms with van der Waals surface area (Å²) in [4.78, 5) is 0. The van der Waals surface area contributed by atoms with Crippen LogP contribution in [-0.4, -0.2) is 12.7 Å². The molecule has 0 heterocycles. The van der Waals surface area contributed by atoms with Crippen molar-refractivity contribution in [2.45, 2.75) is 6.17 Å². The average Bonchev–Trinajstić information content (AvgIpc) is 1.59. The van der Waals surface area contributed by atoms with E-state index in [1.54, 1.807) is 5.32 Å². The van der Waals surface area contributed by atoms with E-state index in [9.17, 15) is 8.78 Å². The predicted molar refractivity (Wildman–Crippen MR) is 27.3 cm³/mol. The van der Waals surface area contributed by atoms with E-state index >= 15 is 0 Å². The van der Waals surface area contributed by atoms with Gasteiger partial charge in [0.05, 0.1) is 0 Å². The lowest BCUT2D eigenvalue weighted by Crippen LogP contribution is -2.44. The summed E-state index contributed by atoms with van der Waals surface area (Å²) in [5.41, 5.74) is 4.23. The lowest BCUT2D eigenvalue weighted by atomic mass is 10.6. The van der Waals surface area contributed by atoms with E-state index in [-0.39, 0.29) is 6.54 Å². The van der Waals surface area contributed by atoms with Crippen molar-refractivity contribution in [3.8, 4) is 0 Å². The summed E-state index contributed by atoms with van der Waals surface area (Å²) < 4.78 is 23.1. The average molecular weight is 122 g/mol. The molecule has 0 spiro atoms. The Morgan fingerprint density at radius 1 is 1.75 bits per heavy atom. The third kappa shape index (κ3) is 5.52. The minimum atomic E-state index is -3.27. The van der Waals surface area contributed by atoms with Gasteiger partial charge in [-0.3, -0.25) is 5.73 Å². The maximum Gasteiger partial charge on any atom is 0.362 e. The van der Waals surface area contributed by atoms with Crippen molar-refractivity contribution >= 4 is 0 Å². The van der Waals surface area contributed by atoms with Gasteiger partial charge in [0.15, 0.2) is 0 Å². The van der Waals surface area contributed by atoms with Crippen molar-refractivity contribution in [2.75, 3.05) is 6.54 Å². The molecule has 0 aliphatic heterocycles. The van der Waals surface area contributed by atoms with Crippen LogP contribution in [0.4, 0.5) is 8.78 Å². The van der Waals surface area contributed by atoms with Gasteiger partial charge >= 0.3 is 6.17 Å². The zero-order valence-electron chi connectivity index (χ0n) is 4.32. The summed E-state index contributed by atoms with van der Waals surface area (Å²) >= 11 is 0. The molecule has 0 aromatic rings. The fourth-order valence-corrected chi connectivity index (χ4v) is 0.208. The molecule has 48 valence electrons. The molecule has 4 heteroatoms. The Morgan fingerprint density at radius 3 is 2.38 bits per heavy atom. The van der Waals surface area contributed by atoms with E-state index in [4.69, 9.17) is 0 Å². The van der Waals surface area contributed by atoms with E-state index in [2.05, 4.69) is 12.3 Å². The third-order valence-electron chi connectivity index (χ3n) is 0.482. The quantitative estimate of drug-likeness (QED) is 0.320. The van der Waals surface area contributed by atoms with E-state index in [1.807, 2.05) is 0 Å². The lowest BCUT2D eigenvalue weighted by Gasteiger charge is -2.08. The van der Waals surface area contributed by atoms with Crippen LogP contribution in [-0.2, 0) is 0 Å². The van der Waals surface area contributed by atoms with Gasteiger partial charge in [-0.25, -0.2) is 5.32 Å². The van der Waals surface area contributed by atoms with Crippen LogP contribution in [0.5, 0.6) is 0 Å². The van der Waals surface area contributed by atoms with Crippen molar-refractivity contribution in [1.82, 2.24) is 5.32 Å². The first kappa shape index (κ1) is 7.52. The van der Waals surface area contributed by atoms with Gasteiger partial charge in [0.2, 0.25) is 0 Å². The molecule has 0 amide bonds. The number of halogens is 2. The minimum Gasteiger partial charge on any atom is -0.258 e. The zero-order chi connectivity index (χ0) is 6.62. The summed E-state index contributed by atoms with van der Waals surface area (Å²) in [7, 11) is 0. The van der Waals surface area contributed by atoms with Gasteiger partial charge in [0.1, 0.15) is 0 Å². The molecule has 3 N–H and O–H groups in total.